The highest BCUT2D eigenvalue weighted by Gasteiger charge is 2.35. The quantitative estimate of drug-likeness (QED) is 0.550. The number of rotatable bonds is 8. The highest BCUT2D eigenvalue weighted by molar-refractivity contribution is 6.30. The van der Waals surface area contributed by atoms with Crippen molar-refractivity contribution in [1.29, 1.82) is 0 Å². The molecule has 2 aromatic carbocycles. The predicted molar refractivity (Wildman–Crippen MR) is 122 cm³/mol. The van der Waals surface area contributed by atoms with Crippen molar-refractivity contribution in [3.8, 4) is 11.5 Å². The Morgan fingerprint density at radius 2 is 1.97 bits per heavy atom. The number of carboxylic acid groups (broad SMARTS) is 1. The summed E-state index contributed by atoms with van der Waals surface area (Å²) in [7, 11) is 0. The highest BCUT2D eigenvalue weighted by atomic mass is 35.5. The molecule has 3 atom stereocenters. The van der Waals surface area contributed by atoms with E-state index in [0.717, 1.165) is 35.4 Å². The Hall–Kier alpha value is -3.25. The van der Waals surface area contributed by atoms with E-state index in [0.29, 0.717) is 16.5 Å². The summed E-state index contributed by atoms with van der Waals surface area (Å²) in [6, 6.07) is 13.2. The number of oxime groups is 1. The van der Waals surface area contributed by atoms with E-state index in [2.05, 4.69) is 12.1 Å². The van der Waals surface area contributed by atoms with Crippen LogP contribution in [0.25, 0.3) is 0 Å². The van der Waals surface area contributed by atoms with E-state index in [4.69, 9.17) is 31.0 Å². The summed E-state index contributed by atoms with van der Waals surface area (Å²) >= 11 is 5.96. The molecule has 3 unspecified atom stereocenters. The van der Waals surface area contributed by atoms with Gasteiger partial charge in [-0.1, -0.05) is 30.1 Å². The Bertz CT molecular complexity index is 1090. The van der Waals surface area contributed by atoms with Gasteiger partial charge in [-0.15, -0.1) is 0 Å². The number of allylic oxidation sites excluding steroid dienone is 1. The standard InChI is InChI=1S/C25H24ClNO5/c1-3-4-16-13-19(31-18-7-5-17(26)6-8-18)9-11-21(16)24-22-14-20(30-15(2)25(28)29)10-12-23(22)32-27-24/h5-15,22-23H,3-4H2,1-2H3,(H,28,29). The van der Waals surface area contributed by atoms with Crippen LogP contribution in [0.3, 0.4) is 0 Å². The summed E-state index contributed by atoms with van der Waals surface area (Å²) in [4.78, 5) is 16.8. The van der Waals surface area contributed by atoms with Crippen molar-refractivity contribution >= 4 is 23.3 Å². The molecule has 0 fully saturated rings. The van der Waals surface area contributed by atoms with Crippen molar-refractivity contribution in [3.63, 3.8) is 0 Å². The molecule has 166 valence electrons. The van der Waals surface area contributed by atoms with Gasteiger partial charge >= 0.3 is 5.97 Å². The van der Waals surface area contributed by atoms with E-state index in [-0.39, 0.29) is 12.0 Å². The van der Waals surface area contributed by atoms with Gasteiger partial charge in [0.2, 0.25) is 0 Å². The topological polar surface area (TPSA) is 77.3 Å². The molecule has 0 saturated heterocycles. The minimum absolute atomic E-state index is 0.158. The fourth-order valence-electron chi connectivity index (χ4n) is 3.71. The van der Waals surface area contributed by atoms with Crippen molar-refractivity contribution in [2.75, 3.05) is 0 Å². The molecule has 4 rings (SSSR count). The lowest BCUT2D eigenvalue weighted by molar-refractivity contribution is -0.146. The van der Waals surface area contributed by atoms with Gasteiger partial charge in [0.1, 0.15) is 17.3 Å². The summed E-state index contributed by atoms with van der Waals surface area (Å²) < 4.78 is 11.6. The zero-order valence-corrected chi connectivity index (χ0v) is 18.6. The number of carbonyl (C=O) groups is 1. The van der Waals surface area contributed by atoms with Crippen LogP contribution >= 0.6 is 11.6 Å². The maximum absolute atomic E-state index is 11.1. The zero-order chi connectivity index (χ0) is 22.7. The average molecular weight is 454 g/mol. The second-order valence-corrected chi connectivity index (χ2v) is 8.16. The van der Waals surface area contributed by atoms with Crippen molar-refractivity contribution in [3.05, 3.63) is 82.6 Å². The van der Waals surface area contributed by atoms with E-state index in [1.54, 1.807) is 18.2 Å². The van der Waals surface area contributed by atoms with Crippen LogP contribution in [0.5, 0.6) is 11.5 Å². The monoisotopic (exact) mass is 453 g/mol. The van der Waals surface area contributed by atoms with Crippen molar-refractivity contribution in [2.24, 2.45) is 11.1 Å². The van der Waals surface area contributed by atoms with Gasteiger partial charge in [0.05, 0.1) is 11.6 Å². The number of ether oxygens (including phenoxy) is 2. The van der Waals surface area contributed by atoms with Crippen molar-refractivity contribution in [1.82, 2.24) is 0 Å². The summed E-state index contributed by atoms with van der Waals surface area (Å²) in [5, 5.41) is 14.1. The Morgan fingerprint density at radius 1 is 1.22 bits per heavy atom. The summed E-state index contributed by atoms with van der Waals surface area (Å²) in [6.07, 6.45) is 6.09. The van der Waals surface area contributed by atoms with Gasteiger partial charge in [0, 0.05) is 10.6 Å². The lowest BCUT2D eigenvalue weighted by atomic mass is 9.86. The van der Waals surface area contributed by atoms with E-state index >= 15 is 0 Å². The van der Waals surface area contributed by atoms with Crippen LogP contribution in [0.1, 0.15) is 31.4 Å². The SMILES string of the molecule is CCCc1cc(Oc2ccc(Cl)cc2)ccc1C1=NOC2C=CC(OC(C)C(=O)O)=CC12. The Balaban J connectivity index is 1.59. The lowest BCUT2D eigenvalue weighted by Gasteiger charge is -2.21. The maximum Gasteiger partial charge on any atom is 0.344 e. The first-order valence-electron chi connectivity index (χ1n) is 10.5. The van der Waals surface area contributed by atoms with Crippen LogP contribution in [-0.2, 0) is 20.8 Å². The summed E-state index contributed by atoms with van der Waals surface area (Å²) in [5.41, 5.74) is 2.89. The van der Waals surface area contributed by atoms with Gasteiger partial charge in [-0.05, 0) is 79.6 Å². The van der Waals surface area contributed by atoms with E-state index < -0.39 is 12.1 Å². The van der Waals surface area contributed by atoms with Crippen LogP contribution < -0.4 is 4.74 Å². The number of aliphatic carboxylic acids is 1. The van der Waals surface area contributed by atoms with Gasteiger partial charge in [-0.3, -0.25) is 0 Å². The number of carboxylic acids is 1. The molecule has 0 radical (unpaired) electrons. The zero-order valence-electron chi connectivity index (χ0n) is 17.8. The fraction of sp³-hybridized carbons (Fsp3) is 0.280. The first-order chi connectivity index (χ1) is 15.4. The van der Waals surface area contributed by atoms with E-state index in [1.165, 1.54) is 6.92 Å². The first-order valence-corrected chi connectivity index (χ1v) is 10.9. The van der Waals surface area contributed by atoms with Gasteiger partial charge in [-0.25, -0.2) is 4.79 Å². The van der Waals surface area contributed by atoms with Crippen LogP contribution in [0, 0.1) is 5.92 Å². The second kappa shape index (κ2) is 9.49. The average Bonchev–Trinajstić information content (AvgIpc) is 3.19. The number of benzene rings is 2. The van der Waals surface area contributed by atoms with Crippen LogP contribution in [0.4, 0.5) is 0 Å². The predicted octanol–water partition coefficient (Wildman–Crippen LogP) is 5.75. The smallest absolute Gasteiger partial charge is 0.344 e. The molecule has 0 spiro atoms. The van der Waals surface area contributed by atoms with Gasteiger partial charge in [0.15, 0.2) is 12.2 Å². The largest absolute Gasteiger partial charge is 0.479 e. The molecule has 2 aromatic rings. The molecule has 32 heavy (non-hydrogen) atoms. The summed E-state index contributed by atoms with van der Waals surface area (Å²) in [5.74, 6) is 0.767. The molecule has 6 nitrogen and oxygen atoms in total. The van der Waals surface area contributed by atoms with E-state index in [9.17, 15) is 4.79 Å². The third kappa shape index (κ3) is 4.81. The Morgan fingerprint density at radius 3 is 2.69 bits per heavy atom. The van der Waals surface area contributed by atoms with Crippen LogP contribution in [-0.4, -0.2) is 29.0 Å². The van der Waals surface area contributed by atoms with Crippen molar-refractivity contribution < 1.29 is 24.2 Å². The van der Waals surface area contributed by atoms with E-state index in [1.807, 2.05) is 42.5 Å². The molecule has 0 amide bonds. The number of halogens is 1. The van der Waals surface area contributed by atoms with Crippen molar-refractivity contribution in [2.45, 2.75) is 38.9 Å². The number of hydrogen-bond acceptors (Lipinski definition) is 5. The molecule has 0 aromatic heterocycles. The minimum Gasteiger partial charge on any atom is -0.479 e. The fourth-order valence-corrected chi connectivity index (χ4v) is 3.84. The molecule has 1 N–H and O–H groups in total. The van der Waals surface area contributed by atoms with Crippen LogP contribution in [0.15, 0.2) is 71.6 Å². The molecule has 1 aliphatic heterocycles. The highest BCUT2D eigenvalue weighted by Crippen LogP contribution is 2.34. The van der Waals surface area contributed by atoms with Gasteiger partial charge in [-0.2, -0.15) is 0 Å². The first kappa shape index (κ1) is 22.0. The summed E-state index contributed by atoms with van der Waals surface area (Å²) in [6.45, 7) is 3.62. The molecule has 7 heteroatoms. The number of fused-ring (bicyclic) bond motifs is 1. The molecule has 2 aliphatic rings. The van der Waals surface area contributed by atoms with Crippen LogP contribution in [0.2, 0.25) is 5.02 Å². The lowest BCUT2D eigenvalue weighted by Crippen LogP contribution is -2.26. The molecular formula is C25H24ClNO5. The molecule has 0 saturated carbocycles. The number of aryl methyl sites for hydroxylation is 1. The third-order valence-electron chi connectivity index (χ3n) is 5.32. The molecule has 1 heterocycles. The maximum atomic E-state index is 11.1. The Kier molecular flexibility index (Phi) is 6.51. The minimum atomic E-state index is -1.01. The second-order valence-electron chi connectivity index (χ2n) is 7.72. The third-order valence-corrected chi connectivity index (χ3v) is 5.57. The molecule has 0 bridgehead atoms. The number of nitrogens with zero attached hydrogens (tertiary/aromatic N) is 1. The Labute approximate surface area is 191 Å². The molecular weight excluding hydrogens is 430 g/mol. The molecule has 1 aliphatic carbocycles. The van der Waals surface area contributed by atoms with Gasteiger partial charge in [0.25, 0.3) is 0 Å². The number of hydrogen-bond donors (Lipinski definition) is 1. The van der Waals surface area contributed by atoms with Gasteiger partial charge < -0.3 is 19.4 Å². The normalized spacial score (nSPS) is 20.0.